The summed E-state index contributed by atoms with van der Waals surface area (Å²) in [6.45, 7) is 8.45. The van der Waals surface area contributed by atoms with Crippen molar-refractivity contribution in [1.82, 2.24) is 9.80 Å². The van der Waals surface area contributed by atoms with Gasteiger partial charge >= 0.3 is 18.1 Å². The van der Waals surface area contributed by atoms with Gasteiger partial charge < -0.3 is 29.5 Å². The van der Waals surface area contributed by atoms with Gasteiger partial charge in [0.1, 0.15) is 17.7 Å². The lowest BCUT2D eigenvalue weighted by Crippen LogP contribution is -2.48. The van der Waals surface area contributed by atoms with Gasteiger partial charge in [-0.3, -0.25) is 19.3 Å². The van der Waals surface area contributed by atoms with Crippen molar-refractivity contribution in [3.8, 4) is 0 Å². The van der Waals surface area contributed by atoms with Crippen LogP contribution in [-0.4, -0.2) is 82.3 Å². The van der Waals surface area contributed by atoms with Crippen LogP contribution in [0.4, 0.5) is 18.9 Å². The van der Waals surface area contributed by atoms with Gasteiger partial charge in [-0.15, -0.1) is 0 Å². The number of aliphatic hydroxyl groups excluding tert-OH is 1. The molecule has 0 saturated carbocycles. The molecule has 2 N–H and O–H groups in total. The molecule has 3 saturated heterocycles. The molecule has 6 atom stereocenters. The summed E-state index contributed by atoms with van der Waals surface area (Å²) < 4.78 is 58.2. The third-order valence-electron chi connectivity index (χ3n) is 9.07. The van der Waals surface area contributed by atoms with Crippen molar-refractivity contribution in [3.05, 3.63) is 65.2 Å². The number of likely N-dealkylation sites (tertiary alicyclic amines) is 2. The average molecular weight is 676 g/mol. The van der Waals surface area contributed by atoms with Crippen molar-refractivity contribution in [1.29, 1.82) is 0 Å². The maximum atomic E-state index is 13.1. The summed E-state index contributed by atoms with van der Waals surface area (Å²) in [5.74, 6) is -3.15. The van der Waals surface area contributed by atoms with Crippen molar-refractivity contribution in [2.45, 2.75) is 102 Å². The number of carbonyl (C=O) groups is 3. The predicted octanol–water partition coefficient (Wildman–Crippen LogP) is 5.27. The quantitative estimate of drug-likeness (QED) is 0.364. The van der Waals surface area contributed by atoms with Crippen LogP contribution < -0.4 is 5.32 Å². The molecule has 3 heterocycles. The first kappa shape index (κ1) is 35.8. The van der Waals surface area contributed by atoms with Crippen LogP contribution in [0.25, 0.3) is 0 Å². The van der Waals surface area contributed by atoms with E-state index in [-0.39, 0.29) is 44.0 Å². The van der Waals surface area contributed by atoms with Crippen molar-refractivity contribution < 1.29 is 46.9 Å². The number of aliphatic hydroxyl groups is 1. The van der Waals surface area contributed by atoms with Gasteiger partial charge in [-0.1, -0.05) is 43.3 Å². The number of amides is 2. The molecular formula is C35H44F3N3O7. The van der Waals surface area contributed by atoms with Gasteiger partial charge in [0.25, 0.3) is 0 Å². The van der Waals surface area contributed by atoms with Gasteiger partial charge in [-0.25, -0.2) is 0 Å². The summed E-state index contributed by atoms with van der Waals surface area (Å²) >= 11 is 0. The SMILES string of the molecule is CC1C(CN2CCCC2C(=O)OC(C)(C)C)OC(c2cccc(NC(=O)C3CCCN3C(=O)C(F)(F)F)c2)OC1c1ccc(CO)cc1. The second-order valence-corrected chi connectivity index (χ2v) is 13.8. The Morgan fingerprint density at radius 3 is 2.31 bits per heavy atom. The zero-order chi connectivity index (χ0) is 34.8. The number of hydrogen-bond donors (Lipinski definition) is 2. The highest BCUT2D eigenvalue weighted by atomic mass is 19.4. The van der Waals surface area contributed by atoms with E-state index in [2.05, 4.69) is 10.2 Å². The number of nitrogens with zero attached hydrogens (tertiary/aromatic N) is 2. The molecule has 0 bridgehead atoms. The smallest absolute Gasteiger partial charge is 0.459 e. The largest absolute Gasteiger partial charge is 0.471 e. The van der Waals surface area contributed by atoms with Gasteiger partial charge in [0, 0.05) is 30.3 Å². The zero-order valence-electron chi connectivity index (χ0n) is 27.7. The molecule has 0 radical (unpaired) electrons. The minimum Gasteiger partial charge on any atom is -0.459 e. The standard InChI is InChI=1S/C35H44F3N3O7/c1-21-28(19-40-16-6-11-27(40)31(44)48-34(2,3)4)46-32(47-29(21)23-14-12-22(20-42)13-15-23)24-8-5-9-25(18-24)39-30(43)26-10-7-17-41(26)33(45)35(36,37)38/h5,8-9,12-15,18,21,26-29,32,42H,6-7,10-11,16-17,19-20H2,1-4H3,(H,39,43). The second kappa shape index (κ2) is 14.5. The first-order valence-electron chi connectivity index (χ1n) is 16.4. The molecule has 6 unspecified atom stereocenters. The minimum atomic E-state index is -5.07. The topological polar surface area (TPSA) is 118 Å². The number of nitrogens with one attached hydrogen (secondary N) is 1. The van der Waals surface area contributed by atoms with E-state index in [1.807, 2.05) is 52.0 Å². The lowest BCUT2D eigenvalue weighted by Gasteiger charge is -2.43. The molecule has 3 aliphatic rings. The van der Waals surface area contributed by atoms with Gasteiger partial charge in [-0.05, 0) is 76.3 Å². The molecule has 0 spiro atoms. The van der Waals surface area contributed by atoms with Crippen LogP contribution >= 0.6 is 0 Å². The van der Waals surface area contributed by atoms with Crippen LogP contribution in [0.2, 0.25) is 0 Å². The van der Waals surface area contributed by atoms with E-state index >= 15 is 0 Å². The fraction of sp³-hybridized carbons (Fsp3) is 0.571. The summed E-state index contributed by atoms with van der Waals surface area (Å²) in [7, 11) is 0. The van der Waals surface area contributed by atoms with E-state index in [1.165, 1.54) is 0 Å². The molecule has 3 aliphatic heterocycles. The van der Waals surface area contributed by atoms with E-state index in [0.29, 0.717) is 35.7 Å². The number of benzene rings is 2. The Kier molecular flexibility index (Phi) is 10.8. The van der Waals surface area contributed by atoms with Crippen molar-refractivity contribution in [2.75, 3.05) is 25.0 Å². The highest BCUT2D eigenvalue weighted by molar-refractivity contribution is 5.98. The van der Waals surface area contributed by atoms with Crippen LogP contribution in [0, 0.1) is 5.92 Å². The van der Waals surface area contributed by atoms with E-state index in [0.717, 1.165) is 17.5 Å². The number of halogens is 3. The summed E-state index contributed by atoms with van der Waals surface area (Å²) in [5, 5.41) is 12.2. The fourth-order valence-corrected chi connectivity index (χ4v) is 6.67. The number of ether oxygens (including phenoxy) is 3. The maximum absolute atomic E-state index is 13.1. The van der Waals surface area contributed by atoms with Gasteiger partial charge in [0.2, 0.25) is 5.91 Å². The summed E-state index contributed by atoms with van der Waals surface area (Å²) in [4.78, 5) is 40.8. The van der Waals surface area contributed by atoms with Crippen molar-refractivity contribution >= 4 is 23.5 Å². The Bertz CT molecular complexity index is 1460. The Morgan fingerprint density at radius 1 is 0.958 bits per heavy atom. The first-order chi connectivity index (χ1) is 22.6. The van der Waals surface area contributed by atoms with Gasteiger partial charge in [0.15, 0.2) is 6.29 Å². The fourth-order valence-electron chi connectivity index (χ4n) is 6.67. The van der Waals surface area contributed by atoms with E-state index in [4.69, 9.17) is 14.2 Å². The predicted molar refractivity (Wildman–Crippen MR) is 169 cm³/mol. The molecule has 10 nitrogen and oxygen atoms in total. The number of hydrogen-bond acceptors (Lipinski definition) is 8. The molecule has 2 aromatic carbocycles. The van der Waals surface area contributed by atoms with Gasteiger partial charge in [-0.2, -0.15) is 13.2 Å². The lowest BCUT2D eigenvalue weighted by molar-refractivity contribution is -0.276. The molecule has 2 amide bonds. The molecule has 0 aromatic heterocycles. The lowest BCUT2D eigenvalue weighted by atomic mass is 9.90. The summed E-state index contributed by atoms with van der Waals surface area (Å²) in [6.07, 6.45) is -4.83. The maximum Gasteiger partial charge on any atom is 0.471 e. The highest BCUT2D eigenvalue weighted by Crippen LogP contribution is 2.43. The van der Waals surface area contributed by atoms with Crippen LogP contribution in [-0.2, 0) is 35.2 Å². The molecule has 3 fully saturated rings. The first-order valence-corrected chi connectivity index (χ1v) is 16.4. The zero-order valence-corrected chi connectivity index (χ0v) is 27.7. The van der Waals surface area contributed by atoms with E-state index in [9.17, 15) is 32.7 Å². The number of alkyl halides is 3. The number of esters is 1. The molecular weight excluding hydrogens is 631 g/mol. The molecule has 0 aliphatic carbocycles. The molecule has 5 rings (SSSR count). The molecule has 2 aromatic rings. The average Bonchev–Trinajstić information content (AvgIpc) is 3.71. The summed E-state index contributed by atoms with van der Waals surface area (Å²) in [6, 6.07) is 12.5. The third kappa shape index (κ3) is 8.36. The summed E-state index contributed by atoms with van der Waals surface area (Å²) in [5.41, 5.74) is 1.91. The highest BCUT2D eigenvalue weighted by Gasteiger charge is 2.48. The van der Waals surface area contributed by atoms with Crippen LogP contribution in [0.1, 0.15) is 82.5 Å². The Labute approximate surface area is 278 Å². The third-order valence-corrected chi connectivity index (χ3v) is 9.07. The molecule has 13 heteroatoms. The number of anilines is 1. The van der Waals surface area contributed by atoms with Gasteiger partial charge in [0.05, 0.1) is 18.8 Å². The minimum absolute atomic E-state index is 0.0990. The molecule has 48 heavy (non-hydrogen) atoms. The van der Waals surface area contributed by atoms with Crippen molar-refractivity contribution in [2.24, 2.45) is 5.92 Å². The van der Waals surface area contributed by atoms with Crippen LogP contribution in [0.3, 0.4) is 0 Å². The monoisotopic (exact) mass is 675 g/mol. The Balaban J connectivity index is 1.37. The normalized spacial score (nSPS) is 26.8. The Hall–Kier alpha value is -3.52. The van der Waals surface area contributed by atoms with E-state index < -0.39 is 48.1 Å². The number of rotatable bonds is 8. The van der Waals surface area contributed by atoms with Crippen LogP contribution in [0.5, 0.6) is 0 Å². The second-order valence-electron chi connectivity index (χ2n) is 13.8. The Morgan fingerprint density at radius 2 is 1.65 bits per heavy atom. The molecule has 262 valence electrons. The van der Waals surface area contributed by atoms with E-state index in [1.54, 1.807) is 24.3 Å². The van der Waals surface area contributed by atoms with Crippen molar-refractivity contribution in [3.63, 3.8) is 0 Å². The number of carbonyl (C=O) groups excluding carboxylic acids is 3. The van der Waals surface area contributed by atoms with Crippen LogP contribution in [0.15, 0.2) is 48.5 Å².